The lowest BCUT2D eigenvalue weighted by molar-refractivity contribution is -0.111. The van der Waals surface area contributed by atoms with Gasteiger partial charge in [0.25, 0.3) is 5.91 Å². The predicted octanol–water partition coefficient (Wildman–Crippen LogP) is 0.280. The van der Waals surface area contributed by atoms with E-state index in [-0.39, 0.29) is 11.3 Å². The van der Waals surface area contributed by atoms with Crippen LogP contribution in [0.4, 0.5) is 0 Å². The van der Waals surface area contributed by atoms with Gasteiger partial charge in [0.1, 0.15) is 0 Å². The molecule has 0 atom stereocenters. The smallest absolute Gasteiger partial charge is 0.273 e. The van der Waals surface area contributed by atoms with E-state index in [1.165, 1.54) is 0 Å². The molecule has 8 nitrogen and oxygen atoms in total. The minimum Gasteiger partial charge on any atom is -0.380 e. The molecule has 3 rings (SSSR count). The van der Waals surface area contributed by atoms with Crippen molar-refractivity contribution in [3.05, 3.63) is 11.9 Å². The molecule has 0 saturated carbocycles. The Hall–Kier alpha value is -1.98. The molecule has 0 unspecified atom stereocenters. The van der Waals surface area contributed by atoms with E-state index in [1.807, 2.05) is 0 Å². The zero-order valence-corrected chi connectivity index (χ0v) is 14.1. The number of aromatic nitrogens is 3. The fourth-order valence-electron chi connectivity index (χ4n) is 3.19. The van der Waals surface area contributed by atoms with Gasteiger partial charge in [0.15, 0.2) is 5.69 Å². The number of carbonyl (C=O) groups excluding carboxylic acids is 1. The molecule has 2 saturated heterocycles. The second-order valence-electron chi connectivity index (χ2n) is 7.19. The molecule has 1 aromatic heterocycles. The number of hydrogen-bond donors (Lipinski definition) is 1. The number of nitrogens with zero attached hydrogens (tertiary/aromatic N) is 5. The standard InChI is InChI=1S/C16H24N6O2/c1-16(11-24-12-16)10-22-9-14(19-20-22)15(23)18-8-13-2-5-21(6-3-13)7-4-17/h9,13H,2-3,5-8,10-12H2,1H3,(H,18,23). The maximum Gasteiger partial charge on any atom is 0.273 e. The maximum atomic E-state index is 12.2. The summed E-state index contributed by atoms with van der Waals surface area (Å²) in [6.07, 6.45) is 3.72. The summed E-state index contributed by atoms with van der Waals surface area (Å²) in [7, 11) is 0. The van der Waals surface area contributed by atoms with E-state index in [1.54, 1.807) is 10.9 Å². The van der Waals surface area contributed by atoms with Crippen molar-refractivity contribution < 1.29 is 9.53 Å². The first-order valence-electron chi connectivity index (χ1n) is 8.43. The molecule has 130 valence electrons. The van der Waals surface area contributed by atoms with Crippen LogP contribution in [-0.4, -0.2) is 65.2 Å². The Morgan fingerprint density at radius 3 is 2.88 bits per heavy atom. The van der Waals surface area contributed by atoms with Gasteiger partial charge in [-0.3, -0.25) is 14.4 Å². The Labute approximate surface area is 141 Å². The lowest BCUT2D eigenvalue weighted by atomic mass is 9.89. The topological polar surface area (TPSA) is 96.1 Å². The number of ether oxygens (including phenoxy) is 1. The first-order chi connectivity index (χ1) is 11.6. The number of rotatable bonds is 6. The van der Waals surface area contributed by atoms with Crippen molar-refractivity contribution in [1.82, 2.24) is 25.2 Å². The second-order valence-corrected chi connectivity index (χ2v) is 7.19. The Morgan fingerprint density at radius 1 is 1.50 bits per heavy atom. The number of piperidine rings is 1. The number of nitriles is 1. The van der Waals surface area contributed by atoms with Crippen molar-refractivity contribution >= 4 is 5.91 Å². The molecule has 24 heavy (non-hydrogen) atoms. The van der Waals surface area contributed by atoms with Crippen molar-refractivity contribution in [2.45, 2.75) is 26.3 Å². The Bertz CT molecular complexity index is 610. The second kappa shape index (κ2) is 7.28. The zero-order chi connectivity index (χ0) is 17.0. The van der Waals surface area contributed by atoms with Crippen LogP contribution in [-0.2, 0) is 11.3 Å². The van der Waals surface area contributed by atoms with Gasteiger partial charge in [0, 0.05) is 12.0 Å². The van der Waals surface area contributed by atoms with Gasteiger partial charge in [-0.05, 0) is 31.8 Å². The van der Waals surface area contributed by atoms with E-state index in [0.29, 0.717) is 31.2 Å². The van der Waals surface area contributed by atoms with Crippen LogP contribution in [0.1, 0.15) is 30.3 Å². The van der Waals surface area contributed by atoms with Crippen LogP contribution < -0.4 is 5.32 Å². The summed E-state index contributed by atoms with van der Waals surface area (Å²) in [6, 6.07) is 2.18. The van der Waals surface area contributed by atoms with Crippen molar-refractivity contribution in [2.75, 3.05) is 39.4 Å². The molecule has 1 aromatic rings. The first-order valence-corrected chi connectivity index (χ1v) is 8.43. The minimum absolute atomic E-state index is 0.0961. The quantitative estimate of drug-likeness (QED) is 0.752. The largest absolute Gasteiger partial charge is 0.380 e. The highest BCUT2D eigenvalue weighted by Gasteiger charge is 2.34. The Kier molecular flexibility index (Phi) is 5.11. The number of nitrogens with one attached hydrogen (secondary N) is 1. The van der Waals surface area contributed by atoms with E-state index in [4.69, 9.17) is 10.00 Å². The van der Waals surface area contributed by atoms with Gasteiger partial charge >= 0.3 is 0 Å². The van der Waals surface area contributed by atoms with Crippen molar-refractivity contribution in [2.24, 2.45) is 11.3 Å². The number of amides is 1. The summed E-state index contributed by atoms with van der Waals surface area (Å²) in [5.41, 5.74) is 0.458. The molecule has 1 N–H and O–H groups in total. The molecule has 1 amide bonds. The summed E-state index contributed by atoms with van der Waals surface area (Å²) in [5.74, 6) is 0.292. The molecule has 8 heteroatoms. The van der Waals surface area contributed by atoms with Crippen LogP contribution in [0.3, 0.4) is 0 Å². The molecule has 0 radical (unpaired) electrons. The molecule has 0 spiro atoms. The number of likely N-dealkylation sites (tertiary alicyclic amines) is 1. The molecule has 2 aliphatic heterocycles. The van der Waals surface area contributed by atoms with Gasteiger partial charge < -0.3 is 10.1 Å². The van der Waals surface area contributed by atoms with Gasteiger partial charge in [-0.1, -0.05) is 12.1 Å². The summed E-state index contributed by atoms with van der Waals surface area (Å²) >= 11 is 0. The highest BCUT2D eigenvalue weighted by molar-refractivity contribution is 5.91. The molecule has 3 heterocycles. The average Bonchev–Trinajstić information content (AvgIpc) is 3.01. The fraction of sp³-hybridized carbons (Fsp3) is 0.750. The van der Waals surface area contributed by atoms with Crippen LogP contribution in [0.2, 0.25) is 0 Å². The number of hydrogen-bond acceptors (Lipinski definition) is 6. The SMILES string of the molecule is CC1(Cn2cc(C(=O)NCC3CCN(CC#N)CC3)nn2)COC1. The van der Waals surface area contributed by atoms with Crippen LogP contribution in [0.15, 0.2) is 6.20 Å². The van der Waals surface area contributed by atoms with Crippen LogP contribution in [0.25, 0.3) is 0 Å². The maximum absolute atomic E-state index is 12.2. The lowest BCUT2D eigenvalue weighted by Gasteiger charge is -2.37. The van der Waals surface area contributed by atoms with Gasteiger partial charge in [-0.2, -0.15) is 5.26 Å². The van der Waals surface area contributed by atoms with Gasteiger partial charge in [-0.15, -0.1) is 5.10 Å². The summed E-state index contributed by atoms with van der Waals surface area (Å²) in [6.45, 7) is 7.28. The third-order valence-corrected chi connectivity index (χ3v) is 4.77. The Balaban J connectivity index is 1.42. The third-order valence-electron chi connectivity index (χ3n) is 4.77. The van der Waals surface area contributed by atoms with E-state index in [2.05, 4.69) is 33.5 Å². The van der Waals surface area contributed by atoms with Gasteiger partial charge in [-0.25, -0.2) is 0 Å². The van der Waals surface area contributed by atoms with Crippen molar-refractivity contribution in [1.29, 1.82) is 5.26 Å². The summed E-state index contributed by atoms with van der Waals surface area (Å²) < 4.78 is 6.95. The van der Waals surface area contributed by atoms with Gasteiger partial charge in [0.2, 0.25) is 0 Å². The minimum atomic E-state index is -0.171. The predicted molar refractivity (Wildman–Crippen MR) is 86.1 cm³/mol. The van der Waals surface area contributed by atoms with Crippen molar-refractivity contribution in [3.8, 4) is 6.07 Å². The fourth-order valence-corrected chi connectivity index (χ4v) is 3.19. The molecular weight excluding hydrogens is 308 g/mol. The van der Waals surface area contributed by atoms with Gasteiger partial charge in [0.05, 0.1) is 38.6 Å². The average molecular weight is 332 g/mol. The first kappa shape index (κ1) is 16.9. The molecule has 0 aromatic carbocycles. The molecule has 2 aliphatic rings. The number of carbonyl (C=O) groups is 1. The van der Waals surface area contributed by atoms with E-state index < -0.39 is 0 Å². The van der Waals surface area contributed by atoms with Crippen molar-refractivity contribution in [3.63, 3.8) is 0 Å². The molecule has 0 aliphatic carbocycles. The highest BCUT2D eigenvalue weighted by Crippen LogP contribution is 2.28. The third kappa shape index (κ3) is 4.10. The molecule has 0 bridgehead atoms. The highest BCUT2D eigenvalue weighted by atomic mass is 16.5. The summed E-state index contributed by atoms with van der Waals surface area (Å²) in [4.78, 5) is 14.4. The van der Waals surface area contributed by atoms with E-state index in [0.717, 1.165) is 39.1 Å². The van der Waals surface area contributed by atoms with Crippen LogP contribution >= 0.6 is 0 Å². The normalized spacial score (nSPS) is 21.0. The monoisotopic (exact) mass is 332 g/mol. The summed E-state index contributed by atoms with van der Waals surface area (Å²) in [5, 5.41) is 19.7. The van der Waals surface area contributed by atoms with Crippen LogP contribution in [0.5, 0.6) is 0 Å². The van der Waals surface area contributed by atoms with Crippen LogP contribution in [0, 0.1) is 22.7 Å². The molecule has 2 fully saturated rings. The molecular formula is C16H24N6O2. The Morgan fingerprint density at radius 2 is 2.25 bits per heavy atom. The van der Waals surface area contributed by atoms with E-state index in [9.17, 15) is 4.79 Å². The zero-order valence-electron chi connectivity index (χ0n) is 14.1. The lowest BCUT2D eigenvalue weighted by Crippen LogP contribution is -2.43. The van der Waals surface area contributed by atoms with E-state index >= 15 is 0 Å².